The number of nitrogens with one attached hydrogen (secondary N) is 2. The Hall–Kier alpha value is -2.28. The second-order valence-corrected chi connectivity index (χ2v) is 6.56. The molecule has 0 atom stereocenters. The number of likely N-dealkylation sites (N-methyl/N-ethyl adjacent to an activating group) is 1. The van der Waals surface area contributed by atoms with Gasteiger partial charge in [0, 0.05) is 19.0 Å². The Morgan fingerprint density at radius 3 is 2.79 bits per heavy atom. The highest BCUT2D eigenvalue weighted by Crippen LogP contribution is 2.18. The van der Waals surface area contributed by atoms with Gasteiger partial charge < -0.3 is 10.6 Å². The molecule has 0 spiro atoms. The Balaban J connectivity index is 1.79. The maximum Gasteiger partial charge on any atom is 0.241 e. The number of benzene rings is 1. The molecule has 24 heavy (non-hydrogen) atoms. The van der Waals surface area contributed by atoms with Crippen molar-refractivity contribution in [2.24, 2.45) is 0 Å². The minimum absolute atomic E-state index is 0.0789. The molecule has 2 rings (SSSR count). The van der Waals surface area contributed by atoms with E-state index < -0.39 is 0 Å². The molecule has 0 fully saturated rings. The standard InChI is InChI=1S/C17H22N4O2S/c1-12-4-5-13(2)14(6-12)10-24-11-17(23)20-15-7-19-21(8-15)9-16(22)18-3/h4-8H,9-11H2,1-3H3,(H,18,22)(H,20,23). The van der Waals surface area contributed by atoms with E-state index in [9.17, 15) is 9.59 Å². The van der Waals surface area contributed by atoms with Gasteiger partial charge in [-0.3, -0.25) is 14.3 Å². The summed E-state index contributed by atoms with van der Waals surface area (Å²) in [5.74, 6) is 0.954. The third kappa shape index (κ3) is 5.42. The van der Waals surface area contributed by atoms with Gasteiger partial charge in [0.05, 0.1) is 17.6 Å². The summed E-state index contributed by atoms with van der Waals surface area (Å²) in [5, 5.41) is 9.36. The molecule has 1 heterocycles. The van der Waals surface area contributed by atoms with Crippen LogP contribution in [0.4, 0.5) is 5.69 Å². The molecular weight excluding hydrogens is 324 g/mol. The first kappa shape index (κ1) is 18.1. The van der Waals surface area contributed by atoms with E-state index in [4.69, 9.17) is 0 Å². The molecule has 0 saturated carbocycles. The average molecular weight is 346 g/mol. The van der Waals surface area contributed by atoms with E-state index in [1.807, 2.05) is 0 Å². The molecule has 0 aliphatic rings. The van der Waals surface area contributed by atoms with Crippen molar-refractivity contribution in [3.05, 3.63) is 47.3 Å². The van der Waals surface area contributed by atoms with Crippen LogP contribution < -0.4 is 10.6 Å². The number of nitrogens with zero attached hydrogens (tertiary/aromatic N) is 2. The highest BCUT2D eigenvalue weighted by Gasteiger charge is 2.07. The van der Waals surface area contributed by atoms with Crippen molar-refractivity contribution in [3.63, 3.8) is 0 Å². The zero-order valence-electron chi connectivity index (χ0n) is 14.1. The fraction of sp³-hybridized carbons (Fsp3) is 0.353. The first-order valence-corrected chi connectivity index (χ1v) is 8.80. The van der Waals surface area contributed by atoms with Gasteiger partial charge in [0.2, 0.25) is 11.8 Å². The summed E-state index contributed by atoms with van der Waals surface area (Å²) in [5.41, 5.74) is 4.32. The Morgan fingerprint density at radius 1 is 1.25 bits per heavy atom. The lowest BCUT2D eigenvalue weighted by molar-refractivity contribution is -0.121. The molecule has 1 aromatic heterocycles. The lowest BCUT2D eigenvalue weighted by atomic mass is 10.1. The summed E-state index contributed by atoms with van der Waals surface area (Å²) < 4.78 is 1.48. The molecule has 2 N–H and O–H groups in total. The quantitative estimate of drug-likeness (QED) is 0.805. The normalized spacial score (nSPS) is 10.5. The Bertz CT molecular complexity index is 727. The lowest BCUT2D eigenvalue weighted by Crippen LogP contribution is -2.23. The van der Waals surface area contributed by atoms with E-state index in [1.54, 1.807) is 25.0 Å². The molecule has 0 bridgehead atoms. The Labute approximate surface area is 146 Å². The number of anilines is 1. The number of amides is 2. The molecule has 2 amide bonds. The molecule has 7 heteroatoms. The van der Waals surface area contributed by atoms with E-state index in [0.717, 1.165) is 5.75 Å². The van der Waals surface area contributed by atoms with Gasteiger partial charge in [0.1, 0.15) is 6.54 Å². The van der Waals surface area contributed by atoms with Gasteiger partial charge in [0.25, 0.3) is 0 Å². The van der Waals surface area contributed by atoms with E-state index >= 15 is 0 Å². The maximum atomic E-state index is 12.0. The molecule has 0 unspecified atom stereocenters. The molecule has 0 radical (unpaired) electrons. The smallest absolute Gasteiger partial charge is 0.241 e. The molecule has 2 aromatic rings. The number of hydrogen-bond donors (Lipinski definition) is 2. The van der Waals surface area contributed by atoms with Gasteiger partial charge in [-0.05, 0) is 25.0 Å². The van der Waals surface area contributed by atoms with Gasteiger partial charge in [0.15, 0.2) is 0 Å². The lowest BCUT2D eigenvalue weighted by Gasteiger charge is -2.07. The Morgan fingerprint density at radius 2 is 2.04 bits per heavy atom. The Kier molecular flexibility index (Phi) is 6.43. The summed E-state index contributed by atoms with van der Waals surface area (Å²) in [6.07, 6.45) is 3.18. The van der Waals surface area contributed by atoms with E-state index in [2.05, 4.69) is 47.8 Å². The zero-order chi connectivity index (χ0) is 17.5. The number of carbonyl (C=O) groups is 2. The molecule has 6 nitrogen and oxygen atoms in total. The van der Waals surface area contributed by atoms with Crippen LogP contribution in [0.5, 0.6) is 0 Å². The van der Waals surface area contributed by atoms with E-state index in [0.29, 0.717) is 11.4 Å². The zero-order valence-corrected chi connectivity index (χ0v) is 14.9. The second kappa shape index (κ2) is 8.54. The summed E-state index contributed by atoms with van der Waals surface area (Å²) in [7, 11) is 1.57. The SMILES string of the molecule is CNC(=O)Cn1cc(NC(=O)CSCc2cc(C)ccc2C)cn1. The fourth-order valence-corrected chi connectivity index (χ4v) is 3.04. The second-order valence-electron chi connectivity index (χ2n) is 5.57. The topological polar surface area (TPSA) is 76.0 Å². The molecular formula is C17H22N4O2S. The van der Waals surface area contributed by atoms with Crippen LogP contribution in [0.15, 0.2) is 30.6 Å². The van der Waals surface area contributed by atoms with Crippen molar-refractivity contribution in [3.8, 4) is 0 Å². The van der Waals surface area contributed by atoms with Gasteiger partial charge in [-0.1, -0.05) is 23.8 Å². The summed E-state index contributed by atoms with van der Waals surface area (Å²) in [4.78, 5) is 23.3. The monoisotopic (exact) mass is 346 g/mol. The van der Waals surface area contributed by atoms with Crippen LogP contribution in [0.3, 0.4) is 0 Å². The van der Waals surface area contributed by atoms with Crippen molar-refractivity contribution >= 4 is 29.3 Å². The van der Waals surface area contributed by atoms with Crippen molar-refractivity contribution in [2.75, 3.05) is 18.1 Å². The van der Waals surface area contributed by atoms with Crippen LogP contribution >= 0.6 is 11.8 Å². The number of carbonyl (C=O) groups excluding carboxylic acids is 2. The third-order valence-electron chi connectivity index (χ3n) is 3.50. The minimum Gasteiger partial charge on any atom is -0.358 e. The predicted molar refractivity (Wildman–Crippen MR) is 97.0 cm³/mol. The van der Waals surface area contributed by atoms with Crippen LogP contribution in [0.2, 0.25) is 0 Å². The molecule has 1 aromatic carbocycles. The average Bonchev–Trinajstić information content (AvgIpc) is 2.97. The van der Waals surface area contributed by atoms with Crippen LogP contribution in [0, 0.1) is 13.8 Å². The van der Waals surface area contributed by atoms with Crippen molar-refractivity contribution < 1.29 is 9.59 Å². The molecule has 0 saturated heterocycles. The van der Waals surface area contributed by atoms with Crippen molar-refractivity contribution in [1.82, 2.24) is 15.1 Å². The van der Waals surface area contributed by atoms with Gasteiger partial charge >= 0.3 is 0 Å². The molecule has 0 aliphatic carbocycles. The van der Waals surface area contributed by atoms with Crippen molar-refractivity contribution in [2.45, 2.75) is 26.1 Å². The summed E-state index contributed by atoms with van der Waals surface area (Å²) >= 11 is 1.57. The van der Waals surface area contributed by atoms with Crippen LogP contribution in [0.1, 0.15) is 16.7 Å². The largest absolute Gasteiger partial charge is 0.358 e. The highest BCUT2D eigenvalue weighted by molar-refractivity contribution is 7.99. The summed E-state index contributed by atoms with van der Waals surface area (Å²) in [6, 6.07) is 6.35. The number of hydrogen-bond acceptors (Lipinski definition) is 4. The number of rotatable bonds is 7. The molecule has 0 aliphatic heterocycles. The number of thioether (sulfide) groups is 1. The van der Waals surface area contributed by atoms with Crippen molar-refractivity contribution in [1.29, 1.82) is 0 Å². The predicted octanol–water partition coefficient (Wildman–Crippen LogP) is 2.12. The highest BCUT2D eigenvalue weighted by atomic mass is 32.2. The number of aryl methyl sites for hydroxylation is 2. The first-order valence-electron chi connectivity index (χ1n) is 7.64. The van der Waals surface area contributed by atoms with Gasteiger partial charge in [-0.2, -0.15) is 5.10 Å². The van der Waals surface area contributed by atoms with Crippen LogP contribution in [-0.2, 0) is 21.9 Å². The van der Waals surface area contributed by atoms with Gasteiger partial charge in [-0.15, -0.1) is 11.8 Å². The minimum atomic E-state index is -0.139. The van der Waals surface area contributed by atoms with E-state index in [-0.39, 0.29) is 18.4 Å². The van der Waals surface area contributed by atoms with Gasteiger partial charge in [-0.25, -0.2) is 0 Å². The van der Waals surface area contributed by atoms with E-state index in [1.165, 1.54) is 27.6 Å². The fourth-order valence-electron chi connectivity index (χ4n) is 2.15. The summed E-state index contributed by atoms with van der Waals surface area (Å²) in [6.45, 7) is 4.28. The van der Waals surface area contributed by atoms with Crippen LogP contribution in [-0.4, -0.2) is 34.4 Å². The maximum absolute atomic E-state index is 12.0. The molecule has 128 valence electrons. The number of aromatic nitrogens is 2. The first-order chi connectivity index (χ1) is 11.5. The van der Waals surface area contributed by atoms with Crippen LogP contribution in [0.25, 0.3) is 0 Å². The third-order valence-corrected chi connectivity index (χ3v) is 4.48.